The van der Waals surface area contributed by atoms with E-state index in [4.69, 9.17) is 5.11 Å². The molecule has 0 aromatic carbocycles. The molecule has 68 valence electrons. The van der Waals surface area contributed by atoms with Crippen molar-refractivity contribution in [1.82, 2.24) is 5.32 Å². The van der Waals surface area contributed by atoms with Gasteiger partial charge in [-0.3, -0.25) is 0 Å². The maximum Gasteiger partial charge on any atom is 0.0446 e. The highest BCUT2D eigenvalue weighted by Crippen LogP contribution is 2.11. The predicted molar refractivity (Wildman–Crippen MR) is 52.1 cm³/mol. The Labute approximate surface area is 73.8 Å². The third-order valence-corrected chi connectivity index (χ3v) is 2.78. The largest absolute Gasteiger partial charge is 0.396 e. The van der Waals surface area contributed by atoms with Gasteiger partial charge in [-0.25, -0.2) is 0 Å². The van der Waals surface area contributed by atoms with Gasteiger partial charge in [0.25, 0.3) is 0 Å². The van der Waals surface area contributed by atoms with E-state index in [9.17, 15) is 0 Å². The standard InChI is InChI=1S/C8H19NOS/c1-7(2)11-6-8(9-3)4-5-10/h7-10H,4-6H2,1-3H3. The van der Waals surface area contributed by atoms with Gasteiger partial charge in [-0.05, 0) is 18.7 Å². The highest BCUT2D eigenvalue weighted by molar-refractivity contribution is 7.99. The molecule has 3 heteroatoms. The normalized spacial score (nSPS) is 13.9. The first kappa shape index (κ1) is 11.3. The van der Waals surface area contributed by atoms with E-state index in [2.05, 4.69) is 19.2 Å². The van der Waals surface area contributed by atoms with E-state index in [1.165, 1.54) is 0 Å². The Hall–Kier alpha value is 0.270. The van der Waals surface area contributed by atoms with Crippen LogP contribution in [-0.4, -0.2) is 35.8 Å². The quantitative estimate of drug-likeness (QED) is 0.637. The second-order valence-electron chi connectivity index (χ2n) is 2.88. The van der Waals surface area contributed by atoms with Crippen LogP contribution in [0.3, 0.4) is 0 Å². The van der Waals surface area contributed by atoms with Crippen molar-refractivity contribution in [2.75, 3.05) is 19.4 Å². The topological polar surface area (TPSA) is 32.3 Å². The maximum absolute atomic E-state index is 8.68. The van der Waals surface area contributed by atoms with Crippen LogP contribution in [0.4, 0.5) is 0 Å². The molecule has 0 heterocycles. The van der Waals surface area contributed by atoms with Crippen molar-refractivity contribution < 1.29 is 5.11 Å². The molecule has 0 amide bonds. The molecule has 0 saturated heterocycles. The Balaban J connectivity index is 3.35. The summed E-state index contributed by atoms with van der Waals surface area (Å²) in [6.07, 6.45) is 0.857. The van der Waals surface area contributed by atoms with Gasteiger partial charge in [0.05, 0.1) is 0 Å². The molecule has 0 aromatic heterocycles. The van der Waals surface area contributed by atoms with Crippen LogP contribution >= 0.6 is 11.8 Å². The molecule has 2 nitrogen and oxygen atoms in total. The van der Waals surface area contributed by atoms with Crippen molar-refractivity contribution >= 4 is 11.8 Å². The molecule has 1 atom stereocenters. The lowest BCUT2D eigenvalue weighted by Gasteiger charge is -2.15. The fraction of sp³-hybridized carbons (Fsp3) is 1.00. The molecule has 0 aliphatic rings. The Bertz CT molecular complexity index is 88.2. The lowest BCUT2D eigenvalue weighted by Crippen LogP contribution is -2.29. The second-order valence-corrected chi connectivity index (χ2v) is 4.49. The number of hydrogen-bond donors (Lipinski definition) is 2. The Morgan fingerprint density at radius 1 is 1.45 bits per heavy atom. The first-order chi connectivity index (χ1) is 5.20. The van der Waals surface area contributed by atoms with Crippen LogP contribution in [-0.2, 0) is 0 Å². The highest BCUT2D eigenvalue weighted by Gasteiger charge is 2.05. The zero-order valence-corrected chi connectivity index (χ0v) is 8.45. The van der Waals surface area contributed by atoms with Crippen LogP contribution < -0.4 is 5.32 Å². The lowest BCUT2D eigenvalue weighted by atomic mass is 10.2. The maximum atomic E-state index is 8.68. The molecule has 0 aromatic rings. The molecular weight excluding hydrogens is 158 g/mol. The van der Waals surface area contributed by atoms with Crippen LogP contribution in [0.1, 0.15) is 20.3 Å². The highest BCUT2D eigenvalue weighted by atomic mass is 32.2. The third-order valence-electron chi connectivity index (χ3n) is 1.52. The predicted octanol–water partition coefficient (Wildman–Crippen LogP) is 1.10. The molecule has 0 spiro atoms. The summed E-state index contributed by atoms with van der Waals surface area (Å²) in [5, 5.41) is 12.5. The zero-order valence-electron chi connectivity index (χ0n) is 7.63. The summed E-state index contributed by atoms with van der Waals surface area (Å²) in [5.74, 6) is 1.09. The van der Waals surface area contributed by atoms with Crippen LogP contribution in [0, 0.1) is 0 Å². The van der Waals surface area contributed by atoms with Gasteiger partial charge in [-0.1, -0.05) is 13.8 Å². The van der Waals surface area contributed by atoms with Crippen molar-refractivity contribution in [2.24, 2.45) is 0 Å². The molecular formula is C8H19NOS. The number of aliphatic hydroxyl groups is 1. The summed E-state index contributed by atoms with van der Waals surface area (Å²) in [6, 6.07) is 0.465. The molecule has 1 unspecified atom stereocenters. The molecule has 0 aliphatic carbocycles. The Kier molecular flexibility index (Phi) is 7.12. The molecule has 0 fully saturated rings. The number of rotatable bonds is 6. The number of thioether (sulfide) groups is 1. The smallest absolute Gasteiger partial charge is 0.0446 e. The van der Waals surface area contributed by atoms with E-state index in [1.807, 2.05) is 18.8 Å². The Morgan fingerprint density at radius 2 is 2.09 bits per heavy atom. The van der Waals surface area contributed by atoms with Crippen molar-refractivity contribution in [2.45, 2.75) is 31.6 Å². The van der Waals surface area contributed by atoms with Gasteiger partial charge in [-0.15, -0.1) is 0 Å². The summed E-state index contributed by atoms with van der Waals surface area (Å²) < 4.78 is 0. The summed E-state index contributed by atoms with van der Waals surface area (Å²) in [7, 11) is 1.95. The van der Waals surface area contributed by atoms with Crippen LogP contribution in [0.2, 0.25) is 0 Å². The summed E-state index contributed by atoms with van der Waals surface area (Å²) >= 11 is 1.93. The number of nitrogens with one attached hydrogen (secondary N) is 1. The minimum Gasteiger partial charge on any atom is -0.396 e. The van der Waals surface area contributed by atoms with Gasteiger partial charge in [-0.2, -0.15) is 11.8 Å². The minimum absolute atomic E-state index is 0.282. The molecule has 0 saturated carbocycles. The van der Waals surface area contributed by atoms with Crippen LogP contribution in [0.15, 0.2) is 0 Å². The average Bonchev–Trinajstić information content (AvgIpc) is 1.97. The van der Waals surface area contributed by atoms with Crippen molar-refractivity contribution in [3.63, 3.8) is 0 Å². The first-order valence-corrected chi connectivity index (χ1v) is 5.15. The van der Waals surface area contributed by atoms with Gasteiger partial charge in [0.2, 0.25) is 0 Å². The fourth-order valence-electron chi connectivity index (χ4n) is 0.775. The number of hydrogen-bond acceptors (Lipinski definition) is 3. The van der Waals surface area contributed by atoms with Gasteiger partial charge in [0.15, 0.2) is 0 Å². The Morgan fingerprint density at radius 3 is 2.45 bits per heavy atom. The average molecular weight is 177 g/mol. The molecule has 2 N–H and O–H groups in total. The monoisotopic (exact) mass is 177 g/mol. The van der Waals surface area contributed by atoms with Gasteiger partial charge < -0.3 is 10.4 Å². The van der Waals surface area contributed by atoms with E-state index >= 15 is 0 Å². The fourth-order valence-corrected chi connectivity index (χ4v) is 1.73. The molecule has 0 rings (SSSR count). The van der Waals surface area contributed by atoms with Gasteiger partial charge in [0, 0.05) is 18.4 Å². The summed E-state index contributed by atoms with van der Waals surface area (Å²) in [5.41, 5.74) is 0. The minimum atomic E-state index is 0.282. The van der Waals surface area contributed by atoms with E-state index in [1.54, 1.807) is 0 Å². The van der Waals surface area contributed by atoms with Gasteiger partial charge in [0.1, 0.15) is 0 Å². The lowest BCUT2D eigenvalue weighted by molar-refractivity contribution is 0.273. The molecule has 0 bridgehead atoms. The SMILES string of the molecule is CNC(CCO)CSC(C)C. The first-order valence-electron chi connectivity index (χ1n) is 4.10. The van der Waals surface area contributed by atoms with Gasteiger partial charge >= 0.3 is 0 Å². The van der Waals surface area contributed by atoms with E-state index in [0.717, 1.165) is 12.2 Å². The van der Waals surface area contributed by atoms with Crippen molar-refractivity contribution in [1.29, 1.82) is 0 Å². The zero-order chi connectivity index (χ0) is 8.69. The van der Waals surface area contributed by atoms with Crippen molar-refractivity contribution in [3.8, 4) is 0 Å². The van der Waals surface area contributed by atoms with Crippen molar-refractivity contribution in [3.05, 3.63) is 0 Å². The molecule has 0 aliphatic heterocycles. The van der Waals surface area contributed by atoms with E-state index in [0.29, 0.717) is 11.3 Å². The third kappa shape index (κ3) is 6.66. The molecule has 0 radical (unpaired) electrons. The summed E-state index contributed by atoms with van der Waals surface area (Å²) in [6.45, 7) is 4.66. The molecule has 11 heavy (non-hydrogen) atoms. The summed E-state index contributed by atoms with van der Waals surface area (Å²) in [4.78, 5) is 0. The van der Waals surface area contributed by atoms with Crippen LogP contribution in [0.5, 0.6) is 0 Å². The second kappa shape index (κ2) is 6.95. The number of aliphatic hydroxyl groups excluding tert-OH is 1. The van der Waals surface area contributed by atoms with Crippen LogP contribution in [0.25, 0.3) is 0 Å². The van der Waals surface area contributed by atoms with E-state index in [-0.39, 0.29) is 6.61 Å². The van der Waals surface area contributed by atoms with E-state index < -0.39 is 0 Å².